The van der Waals surface area contributed by atoms with Crippen molar-refractivity contribution < 1.29 is 14.7 Å². The molecule has 2 N–H and O–H groups in total. The lowest BCUT2D eigenvalue weighted by molar-refractivity contribution is -0.138. The highest BCUT2D eigenvalue weighted by Crippen LogP contribution is 2.19. The number of carboxylic acid groups (broad SMARTS) is 1. The molecule has 0 aromatic heterocycles. The monoisotopic (exact) mass is 327 g/mol. The van der Waals surface area contributed by atoms with Crippen LogP contribution in [0.4, 0.5) is 0 Å². The van der Waals surface area contributed by atoms with E-state index >= 15 is 0 Å². The van der Waals surface area contributed by atoms with Gasteiger partial charge in [0.05, 0.1) is 0 Å². The molecular formula is C14H18BrNO3. The number of aliphatic carboxylic acids is 1. The van der Waals surface area contributed by atoms with E-state index < -0.39 is 5.97 Å². The highest BCUT2D eigenvalue weighted by Gasteiger charge is 2.15. The minimum Gasteiger partial charge on any atom is -0.481 e. The molecule has 0 fully saturated rings. The summed E-state index contributed by atoms with van der Waals surface area (Å²) in [6, 6.07) is 5.44. The summed E-state index contributed by atoms with van der Waals surface area (Å²) in [4.78, 5) is 22.7. The van der Waals surface area contributed by atoms with Gasteiger partial charge in [0.25, 0.3) is 5.91 Å². The number of hydrogen-bond donors (Lipinski definition) is 2. The lowest BCUT2D eigenvalue weighted by Gasteiger charge is -2.14. The SMILES string of the molecule is CCC(CNC(=O)c1cccc(Br)c1C)CC(=O)O. The van der Waals surface area contributed by atoms with Crippen LogP contribution in [0.3, 0.4) is 0 Å². The van der Waals surface area contributed by atoms with Gasteiger partial charge in [-0.3, -0.25) is 9.59 Å². The predicted octanol–water partition coefficient (Wildman–Crippen LogP) is 2.99. The van der Waals surface area contributed by atoms with Gasteiger partial charge in [-0.2, -0.15) is 0 Å². The van der Waals surface area contributed by atoms with Crippen LogP contribution in [-0.2, 0) is 4.79 Å². The molecule has 19 heavy (non-hydrogen) atoms. The second-order valence-electron chi connectivity index (χ2n) is 4.49. The molecule has 0 spiro atoms. The Labute approximate surface area is 121 Å². The number of amides is 1. The molecule has 0 bridgehead atoms. The second kappa shape index (κ2) is 7.28. The Morgan fingerprint density at radius 3 is 2.68 bits per heavy atom. The van der Waals surface area contributed by atoms with E-state index in [1.807, 2.05) is 19.9 Å². The Hall–Kier alpha value is -1.36. The van der Waals surface area contributed by atoms with Gasteiger partial charge in [-0.1, -0.05) is 35.3 Å². The van der Waals surface area contributed by atoms with Crippen molar-refractivity contribution in [1.29, 1.82) is 0 Å². The summed E-state index contributed by atoms with van der Waals surface area (Å²) < 4.78 is 0.887. The molecule has 0 radical (unpaired) electrons. The quantitative estimate of drug-likeness (QED) is 0.844. The molecular weight excluding hydrogens is 310 g/mol. The molecule has 1 aromatic carbocycles. The molecule has 1 amide bonds. The Morgan fingerprint density at radius 1 is 1.42 bits per heavy atom. The average molecular weight is 328 g/mol. The first-order valence-electron chi connectivity index (χ1n) is 6.20. The summed E-state index contributed by atoms with van der Waals surface area (Å²) in [5.41, 5.74) is 1.49. The Morgan fingerprint density at radius 2 is 2.11 bits per heavy atom. The zero-order valence-electron chi connectivity index (χ0n) is 11.1. The van der Waals surface area contributed by atoms with Crippen molar-refractivity contribution in [2.75, 3.05) is 6.54 Å². The van der Waals surface area contributed by atoms with Crippen molar-refractivity contribution in [3.8, 4) is 0 Å². The van der Waals surface area contributed by atoms with E-state index in [-0.39, 0.29) is 18.2 Å². The predicted molar refractivity (Wildman–Crippen MR) is 77.2 cm³/mol. The molecule has 104 valence electrons. The molecule has 0 saturated carbocycles. The molecule has 1 aromatic rings. The third-order valence-corrected chi connectivity index (χ3v) is 3.96. The zero-order valence-corrected chi connectivity index (χ0v) is 12.7. The van der Waals surface area contributed by atoms with Crippen LogP contribution >= 0.6 is 15.9 Å². The molecule has 0 saturated heterocycles. The van der Waals surface area contributed by atoms with Crippen LogP contribution in [0.15, 0.2) is 22.7 Å². The maximum absolute atomic E-state index is 12.0. The van der Waals surface area contributed by atoms with Gasteiger partial charge < -0.3 is 10.4 Å². The Bertz CT molecular complexity index is 474. The summed E-state index contributed by atoms with van der Waals surface area (Å²) in [5, 5.41) is 11.6. The van der Waals surface area contributed by atoms with Crippen LogP contribution in [0.25, 0.3) is 0 Å². The highest BCUT2D eigenvalue weighted by atomic mass is 79.9. The number of hydrogen-bond acceptors (Lipinski definition) is 2. The fraction of sp³-hybridized carbons (Fsp3) is 0.429. The summed E-state index contributed by atoms with van der Waals surface area (Å²) in [6.45, 7) is 4.17. The molecule has 0 heterocycles. The number of nitrogens with one attached hydrogen (secondary N) is 1. The number of carbonyl (C=O) groups excluding carboxylic acids is 1. The minimum atomic E-state index is -0.834. The number of carboxylic acids is 1. The van der Waals surface area contributed by atoms with Gasteiger partial charge in [-0.25, -0.2) is 0 Å². The maximum Gasteiger partial charge on any atom is 0.303 e. The van der Waals surface area contributed by atoms with Crippen molar-refractivity contribution in [2.24, 2.45) is 5.92 Å². The van der Waals surface area contributed by atoms with E-state index in [4.69, 9.17) is 5.11 Å². The fourth-order valence-corrected chi connectivity index (χ4v) is 2.16. The van der Waals surface area contributed by atoms with Crippen molar-refractivity contribution in [3.63, 3.8) is 0 Å². The van der Waals surface area contributed by atoms with Crippen molar-refractivity contribution >= 4 is 27.8 Å². The Balaban J connectivity index is 2.64. The van der Waals surface area contributed by atoms with E-state index in [2.05, 4.69) is 21.2 Å². The van der Waals surface area contributed by atoms with Crippen molar-refractivity contribution in [1.82, 2.24) is 5.32 Å². The summed E-state index contributed by atoms with van der Waals surface area (Å²) in [7, 11) is 0. The normalized spacial score (nSPS) is 11.9. The molecule has 0 aliphatic rings. The fourth-order valence-electron chi connectivity index (χ4n) is 1.79. The van der Waals surface area contributed by atoms with E-state index in [0.29, 0.717) is 12.1 Å². The third-order valence-electron chi connectivity index (χ3n) is 3.10. The first-order chi connectivity index (χ1) is 8.95. The molecule has 1 rings (SSSR count). The molecule has 1 unspecified atom stereocenters. The van der Waals surface area contributed by atoms with E-state index in [1.165, 1.54) is 0 Å². The first kappa shape index (κ1) is 15.7. The van der Waals surface area contributed by atoms with Crippen molar-refractivity contribution in [2.45, 2.75) is 26.7 Å². The van der Waals surface area contributed by atoms with Gasteiger partial charge in [0.2, 0.25) is 0 Å². The number of halogens is 1. The number of benzene rings is 1. The van der Waals surface area contributed by atoms with Crippen LogP contribution in [0.2, 0.25) is 0 Å². The zero-order chi connectivity index (χ0) is 14.4. The highest BCUT2D eigenvalue weighted by molar-refractivity contribution is 9.10. The summed E-state index contributed by atoms with van der Waals surface area (Å²) >= 11 is 3.38. The first-order valence-corrected chi connectivity index (χ1v) is 7.00. The lowest BCUT2D eigenvalue weighted by atomic mass is 10.0. The van der Waals surface area contributed by atoms with E-state index in [1.54, 1.807) is 12.1 Å². The molecule has 1 atom stereocenters. The van der Waals surface area contributed by atoms with Crippen LogP contribution in [-0.4, -0.2) is 23.5 Å². The standard InChI is InChI=1S/C14H18BrNO3/c1-3-10(7-13(17)18)8-16-14(19)11-5-4-6-12(15)9(11)2/h4-6,10H,3,7-8H2,1-2H3,(H,16,19)(H,17,18). The van der Waals surface area contributed by atoms with Gasteiger partial charge >= 0.3 is 5.97 Å². The van der Waals surface area contributed by atoms with Crippen LogP contribution in [0.1, 0.15) is 35.7 Å². The van der Waals surface area contributed by atoms with E-state index in [0.717, 1.165) is 16.5 Å². The summed E-state index contributed by atoms with van der Waals surface area (Å²) in [6.07, 6.45) is 0.804. The Kier molecular flexibility index (Phi) is 6.02. The van der Waals surface area contributed by atoms with Gasteiger partial charge in [0.1, 0.15) is 0 Å². The molecule has 5 heteroatoms. The van der Waals surface area contributed by atoms with E-state index in [9.17, 15) is 9.59 Å². The largest absolute Gasteiger partial charge is 0.481 e. The number of carbonyl (C=O) groups is 2. The molecule has 0 aliphatic carbocycles. The van der Waals surface area contributed by atoms with Gasteiger partial charge in [0, 0.05) is 23.0 Å². The van der Waals surface area contributed by atoms with Crippen LogP contribution < -0.4 is 5.32 Å². The second-order valence-corrected chi connectivity index (χ2v) is 5.35. The summed E-state index contributed by atoms with van der Waals surface area (Å²) in [5.74, 6) is -1.03. The smallest absolute Gasteiger partial charge is 0.303 e. The molecule has 4 nitrogen and oxygen atoms in total. The van der Waals surface area contributed by atoms with Gasteiger partial charge in [-0.15, -0.1) is 0 Å². The average Bonchev–Trinajstić information content (AvgIpc) is 2.37. The van der Waals surface area contributed by atoms with Crippen LogP contribution in [0.5, 0.6) is 0 Å². The third kappa shape index (κ3) is 4.67. The number of rotatable bonds is 6. The lowest BCUT2D eigenvalue weighted by Crippen LogP contribution is -2.30. The molecule has 0 aliphatic heterocycles. The van der Waals surface area contributed by atoms with Gasteiger partial charge in [0.15, 0.2) is 0 Å². The topological polar surface area (TPSA) is 66.4 Å². The van der Waals surface area contributed by atoms with Crippen LogP contribution in [0, 0.1) is 12.8 Å². The maximum atomic E-state index is 12.0. The minimum absolute atomic E-state index is 0.0334. The van der Waals surface area contributed by atoms with Gasteiger partial charge in [-0.05, 0) is 30.5 Å². The van der Waals surface area contributed by atoms with Crippen molar-refractivity contribution in [3.05, 3.63) is 33.8 Å².